The second-order valence-electron chi connectivity index (χ2n) is 15.8. The molecule has 0 fully saturated rings. The zero-order valence-corrected chi connectivity index (χ0v) is 34.0. The first-order valence-electron chi connectivity index (χ1n) is 18.8. The van der Waals surface area contributed by atoms with Crippen molar-refractivity contribution in [1.29, 1.82) is 0 Å². The minimum atomic E-state index is -1.16. The minimum Gasteiger partial charge on any atom is -0.110 e. The third-order valence-electron chi connectivity index (χ3n) is 12.7. The molecule has 50 radical (unpaired) electrons. The van der Waals surface area contributed by atoms with E-state index in [0.29, 0.717) is 0 Å². The second-order valence-corrected chi connectivity index (χ2v) is 15.8. The zero-order chi connectivity index (χ0) is 47.5. The maximum absolute atomic E-state index is 7.27. The summed E-state index contributed by atoms with van der Waals surface area (Å²) in [5.74, 6) is -1.16. The number of fused-ring (bicyclic) bond motifs is 4. The average Bonchev–Trinajstić information content (AvgIpc) is 3.51. The Labute approximate surface area is 406 Å². The second kappa shape index (κ2) is 15.9. The van der Waals surface area contributed by atoms with Gasteiger partial charge in [0.1, 0.15) is 196 Å². The molecule has 232 valence electrons. The number of benzene rings is 7. The van der Waals surface area contributed by atoms with Crippen molar-refractivity contribution in [3.05, 3.63) is 16.0 Å². The van der Waals surface area contributed by atoms with Crippen LogP contribution in [0, 0.1) is 0 Å². The van der Waals surface area contributed by atoms with E-state index in [9.17, 15) is 0 Å². The third-order valence-corrected chi connectivity index (χ3v) is 12.7. The van der Waals surface area contributed by atoms with Crippen molar-refractivity contribution in [2.24, 2.45) is 0 Å². The molecule has 0 amide bonds. The summed E-state index contributed by atoms with van der Waals surface area (Å²) < 4.78 is 0. The molecule has 0 aliphatic heterocycles. The molecule has 0 atom stereocenters. The Morgan fingerprint density at radius 1 is 0.172 bits per heavy atom. The Balaban J connectivity index is 1.69. The topological polar surface area (TPSA) is 0 Å². The fourth-order valence-electron chi connectivity index (χ4n) is 9.27. The van der Waals surface area contributed by atoms with Crippen LogP contribution in [0.25, 0.3) is 65.5 Å². The van der Waals surface area contributed by atoms with Crippen LogP contribution in [0.3, 0.4) is 0 Å². The molecule has 0 aromatic heterocycles. The molecule has 0 nitrogen and oxygen atoms in total. The van der Waals surface area contributed by atoms with E-state index in [1.54, 1.807) is 0 Å². The summed E-state index contributed by atoms with van der Waals surface area (Å²) in [6.45, 7) is 0. The van der Waals surface area contributed by atoms with Crippen molar-refractivity contribution in [2.75, 3.05) is 0 Å². The predicted molar refractivity (Wildman–Crippen MR) is 301 cm³/mol. The monoisotopic (exact) mass is 744 g/mol. The van der Waals surface area contributed by atoms with E-state index < -0.39 is 5.92 Å². The van der Waals surface area contributed by atoms with Crippen LogP contribution in [0.4, 0.5) is 0 Å². The van der Waals surface area contributed by atoms with Crippen LogP contribution in [-0.4, -0.2) is 196 Å². The predicted octanol–water partition coefficient (Wildman–Crippen LogP) is -19.9. The SMILES string of the molecule is [B]C1=c2c([B])c([B])c([B])c([B])c2=C([B])C1c1c([B])c([B])c([B])c(-c2c3c([B])c([B])c([B])c([B])c3c(-c3c([B])c([B])c4c([B])c([B])c([B])c([B])c4c3[B])c3c([B])c([B])c([B])c([B])c23)c1[B]. The van der Waals surface area contributed by atoms with Crippen LogP contribution in [0.1, 0.15) is 11.5 Å². The molecular weight excluding hydrogens is 739 g/mol. The van der Waals surface area contributed by atoms with Gasteiger partial charge in [0, 0.05) is 5.92 Å². The Morgan fingerprint density at radius 3 is 0.750 bits per heavy atom. The molecule has 0 bridgehead atoms. The number of rotatable bonds is 3. The van der Waals surface area contributed by atoms with Gasteiger partial charge in [-0.2, -0.15) is 0 Å². The van der Waals surface area contributed by atoms with E-state index in [-0.39, 0.29) is 207 Å². The van der Waals surface area contributed by atoms with Crippen molar-refractivity contribution in [3.8, 4) is 22.3 Å². The van der Waals surface area contributed by atoms with Gasteiger partial charge >= 0.3 is 0 Å². The van der Waals surface area contributed by atoms with E-state index in [4.69, 9.17) is 196 Å². The van der Waals surface area contributed by atoms with Crippen LogP contribution in [-0.2, 0) is 0 Å². The van der Waals surface area contributed by atoms with Crippen molar-refractivity contribution in [2.45, 2.75) is 5.92 Å². The van der Waals surface area contributed by atoms with Crippen LogP contribution in [0.2, 0.25) is 0 Å². The molecule has 1 aliphatic carbocycles. The van der Waals surface area contributed by atoms with Gasteiger partial charge in [0.05, 0.1) is 0 Å². The first kappa shape index (κ1) is 47.2. The molecule has 25 heteroatoms. The van der Waals surface area contributed by atoms with Crippen molar-refractivity contribution < 1.29 is 0 Å². The lowest BCUT2D eigenvalue weighted by Crippen LogP contribution is -2.63. The lowest BCUT2D eigenvalue weighted by Gasteiger charge is -2.34. The van der Waals surface area contributed by atoms with Crippen LogP contribution < -0.4 is 136 Å². The normalized spacial score (nSPS) is 12.9. The molecule has 0 spiro atoms. The van der Waals surface area contributed by atoms with Gasteiger partial charge in [-0.15, -0.1) is 65.6 Å². The van der Waals surface area contributed by atoms with Gasteiger partial charge in [0.25, 0.3) is 0 Å². The molecule has 7 aromatic carbocycles. The highest BCUT2D eigenvalue weighted by molar-refractivity contribution is 6.76. The molecule has 0 heterocycles. The Kier molecular flexibility index (Phi) is 11.7. The molecular formula is C39HB25. The largest absolute Gasteiger partial charge is 0.115 e. The van der Waals surface area contributed by atoms with E-state index in [1.807, 2.05) is 0 Å². The first-order valence-corrected chi connectivity index (χ1v) is 18.8. The lowest BCUT2D eigenvalue weighted by atomic mass is 9.55. The fraction of sp³-hybridized carbons (Fsp3) is 0.0256. The van der Waals surface area contributed by atoms with Crippen molar-refractivity contribution >= 4 is 365 Å². The van der Waals surface area contributed by atoms with Gasteiger partial charge in [-0.3, -0.25) is 0 Å². The Bertz CT molecular complexity index is 3420. The summed E-state index contributed by atoms with van der Waals surface area (Å²) >= 11 is 0. The summed E-state index contributed by atoms with van der Waals surface area (Å²) in [5, 5.41) is 0.657. The van der Waals surface area contributed by atoms with Crippen LogP contribution >= 0.6 is 0 Å². The summed E-state index contributed by atoms with van der Waals surface area (Å²) in [4.78, 5) is 0. The summed E-state index contributed by atoms with van der Waals surface area (Å²) in [6, 6.07) is 0. The van der Waals surface area contributed by atoms with Crippen molar-refractivity contribution in [1.82, 2.24) is 0 Å². The smallest absolute Gasteiger partial charge is 0.110 e. The highest BCUT2D eigenvalue weighted by Gasteiger charge is 2.32. The molecule has 1 aliphatic rings. The molecule has 0 saturated carbocycles. The first-order chi connectivity index (χ1) is 29.8. The van der Waals surface area contributed by atoms with E-state index in [2.05, 4.69) is 0 Å². The van der Waals surface area contributed by atoms with Gasteiger partial charge in [-0.25, -0.2) is 0 Å². The minimum absolute atomic E-state index is 0.00843. The fourth-order valence-corrected chi connectivity index (χ4v) is 9.27. The molecule has 0 unspecified atom stereocenters. The molecule has 7 aromatic rings. The Hall–Kier alpha value is -3.32. The quantitative estimate of drug-likeness (QED) is 0.125. The number of hydrogen-bond donors (Lipinski definition) is 0. The Morgan fingerprint density at radius 2 is 0.406 bits per heavy atom. The molecule has 8 rings (SSSR count). The highest BCUT2D eigenvalue weighted by Crippen LogP contribution is 2.40. The maximum Gasteiger partial charge on any atom is 0.115 e. The van der Waals surface area contributed by atoms with Gasteiger partial charge < -0.3 is 0 Å². The maximum atomic E-state index is 7.27. The van der Waals surface area contributed by atoms with Crippen molar-refractivity contribution in [3.63, 3.8) is 0 Å². The average molecular weight is 740 g/mol. The molecule has 0 N–H and O–H groups in total. The zero-order valence-electron chi connectivity index (χ0n) is 34.0. The van der Waals surface area contributed by atoms with Crippen LogP contribution in [0.5, 0.6) is 0 Å². The molecule has 0 saturated heterocycles. The summed E-state index contributed by atoms with van der Waals surface area (Å²) in [5.41, 5.74) is -2.59. The van der Waals surface area contributed by atoms with E-state index in [1.165, 1.54) is 0 Å². The summed E-state index contributed by atoms with van der Waals surface area (Å²) in [7, 11) is 168. The van der Waals surface area contributed by atoms with Gasteiger partial charge in [0.15, 0.2) is 0 Å². The van der Waals surface area contributed by atoms with Gasteiger partial charge in [0.2, 0.25) is 0 Å². The number of hydrogen-bond acceptors (Lipinski definition) is 0. The highest BCUT2D eigenvalue weighted by atomic mass is 14.3. The van der Waals surface area contributed by atoms with Gasteiger partial charge in [-0.1, -0.05) is 76.6 Å². The summed E-state index contributed by atoms with van der Waals surface area (Å²) in [6.07, 6.45) is 0. The lowest BCUT2D eigenvalue weighted by molar-refractivity contribution is 1.23. The third kappa shape index (κ3) is 5.98. The van der Waals surface area contributed by atoms with Gasteiger partial charge in [-0.05, 0) is 65.0 Å². The standard InChI is InChI=1S/C39HB25/c40-15-7(23(48)24(49)14-13(15)29(54)38(63)39(64)30(14)55)1-3-5(21(46)34(59)32(57)19(3)44)2(6-4(1)20(45)33(58)35(60)22(6)47)8-16(41)10(26(51)31(56)25(8)50)9-17(42)11-12(18(9)43)28(53)37(62)36(61)27(11)52/h9H. The molecule has 64 heavy (non-hydrogen) atoms. The van der Waals surface area contributed by atoms with Crippen LogP contribution in [0.15, 0.2) is 0 Å². The van der Waals surface area contributed by atoms with E-state index in [0.717, 1.165) is 0 Å². The van der Waals surface area contributed by atoms with E-state index >= 15 is 0 Å².